The highest BCUT2D eigenvalue weighted by Crippen LogP contribution is 2.26. The van der Waals surface area contributed by atoms with Crippen LogP contribution in [-0.4, -0.2) is 38.5 Å². The Hall–Kier alpha value is -1.33. The number of ether oxygens (including phenoxy) is 1. The van der Waals surface area contributed by atoms with E-state index >= 15 is 0 Å². The van der Waals surface area contributed by atoms with Gasteiger partial charge in [0.25, 0.3) is 0 Å². The minimum atomic E-state index is -3.77. The molecular formula is C11H12ClN3O3S. The predicted octanol–water partition coefficient (Wildman–Crippen LogP) is 0.835. The van der Waals surface area contributed by atoms with Crippen molar-refractivity contribution in [3.8, 4) is 6.07 Å². The summed E-state index contributed by atoms with van der Waals surface area (Å²) in [6.07, 6.45) is -0.760. The Morgan fingerprint density at radius 3 is 2.95 bits per heavy atom. The maximum Gasteiger partial charge on any atom is 0.245 e. The molecule has 1 atom stereocenters. The van der Waals surface area contributed by atoms with Crippen molar-refractivity contribution < 1.29 is 13.2 Å². The van der Waals surface area contributed by atoms with Gasteiger partial charge in [0, 0.05) is 11.6 Å². The summed E-state index contributed by atoms with van der Waals surface area (Å²) < 4.78 is 31.2. The van der Waals surface area contributed by atoms with Gasteiger partial charge in [0.05, 0.1) is 24.9 Å². The highest BCUT2D eigenvalue weighted by atomic mass is 35.5. The van der Waals surface area contributed by atoms with Gasteiger partial charge >= 0.3 is 0 Å². The Balaban J connectivity index is 2.37. The second-order valence-corrected chi connectivity index (χ2v) is 6.38. The summed E-state index contributed by atoms with van der Waals surface area (Å²) in [5.41, 5.74) is 5.82. The zero-order chi connectivity index (χ0) is 14.0. The molecule has 1 saturated heterocycles. The Labute approximate surface area is 116 Å². The van der Waals surface area contributed by atoms with E-state index < -0.39 is 16.1 Å². The van der Waals surface area contributed by atoms with Crippen LogP contribution in [0.4, 0.5) is 5.69 Å². The van der Waals surface area contributed by atoms with Gasteiger partial charge in [0.1, 0.15) is 4.90 Å². The first kappa shape index (κ1) is 14.1. The second-order valence-electron chi connectivity index (χ2n) is 4.03. The van der Waals surface area contributed by atoms with Gasteiger partial charge in [-0.15, -0.1) is 0 Å². The molecule has 0 aromatic heterocycles. The molecule has 0 saturated carbocycles. The summed E-state index contributed by atoms with van der Waals surface area (Å²) in [4.78, 5) is -0.0430. The molecule has 1 fully saturated rings. The van der Waals surface area contributed by atoms with E-state index in [2.05, 4.69) is 0 Å². The number of rotatable bonds is 2. The number of hydrogen-bond donors (Lipinski definition) is 1. The third-order valence-corrected chi connectivity index (χ3v) is 4.92. The van der Waals surface area contributed by atoms with Crippen LogP contribution in [0.3, 0.4) is 0 Å². The molecule has 0 radical (unpaired) electrons. The van der Waals surface area contributed by atoms with E-state index in [-0.39, 0.29) is 35.3 Å². The molecule has 1 unspecified atom stereocenters. The summed E-state index contributed by atoms with van der Waals surface area (Å²) in [5.74, 6) is 0. The number of nitrogen functional groups attached to an aromatic ring is 1. The van der Waals surface area contributed by atoms with Crippen molar-refractivity contribution in [1.82, 2.24) is 4.31 Å². The lowest BCUT2D eigenvalue weighted by Crippen LogP contribution is -2.45. The fraction of sp³-hybridized carbons (Fsp3) is 0.364. The highest BCUT2D eigenvalue weighted by Gasteiger charge is 2.32. The normalized spacial score (nSPS) is 20.9. The van der Waals surface area contributed by atoms with E-state index in [1.165, 1.54) is 22.5 Å². The van der Waals surface area contributed by atoms with E-state index in [0.717, 1.165) is 0 Å². The molecule has 2 rings (SSSR count). The minimum Gasteiger partial charge on any atom is -0.398 e. The second kappa shape index (κ2) is 5.35. The fourth-order valence-electron chi connectivity index (χ4n) is 1.79. The Morgan fingerprint density at radius 1 is 1.53 bits per heavy atom. The third kappa shape index (κ3) is 2.82. The minimum absolute atomic E-state index is 0.00914. The molecule has 1 aromatic carbocycles. The van der Waals surface area contributed by atoms with Crippen molar-refractivity contribution in [2.45, 2.75) is 11.0 Å². The Kier molecular flexibility index (Phi) is 3.96. The van der Waals surface area contributed by atoms with E-state index in [1.54, 1.807) is 0 Å². The third-order valence-electron chi connectivity index (χ3n) is 2.77. The van der Waals surface area contributed by atoms with Gasteiger partial charge < -0.3 is 10.5 Å². The monoisotopic (exact) mass is 301 g/mol. The molecule has 0 aliphatic carbocycles. The molecule has 6 nitrogen and oxygen atoms in total. The van der Waals surface area contributed by atoms with Gasteiger partial charge in [-0.25, -0.2) is 8.42 Å². The van der Waals surface area contributed by atoms with Crippen LogP contribution in [0.25, 0.3) is 0 Å². The number of nitriles is 1. The number of sulfonamides is 1. The number of halogens is 1. The number of benzene rings is 1. The summed E-state index contributed by atoms with van der Waals surface area (Å²) >= 11 is 5.80. The fourth-order valence-corrected chi connectivity index (χ4v) is 3.60. The van der Waals surface area contributed by atoms with Gasteiger partial charge in [0.15, 0.2) is 6.10 Å². The molecule has 19 heavy (non-hydrogen) atoms. The molecule has 1 heterocycles. The molecule has 8 heteroatoms. The Bertz CT molecular complexity index is 627. The summed E-state index contributed by atoms with van der Waals surface area (Å²) in [6.45, 7) is 0.356. The lowest BCUT2D eigenvalue weighted by molar-refractivity contribution is 0.0311. The zero-order valence-electron chi connectivity index (χ0n) is 9.91. The number of nitrogens with zero attached hydrogens (tertiary/aromatic N) is 2. The molecule has 0 amide bonds. The smallest absolute Gasteiger partial charge is 0.245 e. The average Bonchev–Trinajstić information content (AvgIpc) is 2.41. The topological polar surface area (TPSA) is 96.4 Å². The van der Waals surface area contributed by atoms with E-state index in [4.69, 9.17) is 27.3 Å². The molecule has 2 N–H and O–H groups in total. The van der Waals surface area contributed by atoms with Crippen molar-refractivity contribution in [3.05, 3.63) is 23.2 Å². The average molecular weight is 302 g/mol. The van der Waals surface area contributed by atoms with Gasteiger partial charge in [-0.2, -0.15) is 9.57 Å². The standard InChI is InChI=1S/C11H12ClN3O3S/c12-8-1-2-10(14)11(5-8)19(16,17)15-3-4-18-9(6-13)7-15/h1-2,5,9H,3-4,7,14H2. The van der Waals surface area contributed by atoms with Gasteiger partial charge in [-0.3, -0.25) is 0 Å². The maximum absolute atomic E-state index is 12.4. The van der Waals surface area contributed by atoms with Crippen LogP contribution in [0.2, 0.25) is 5.02 Å². The van der Waals surface area contributed by atoms with Crippen molar-refractivity contribution in [2.75, 3.05) is 25.4 Å². The lowest BCUT2D eigenvalue weighted by Gasteiger charge is -2.29. The van der Waals surface area contributed by atoms with E-state index in [1.807, 2.05) is 6.07 Å². The van der Waals surface area contributed by atoms with Crippen LogP contribution in [0, 0.1) is 11.3 Å². The summed E-state index contributed by atoms with van der Waals surface area (Å²) in [6, 6.07) is 6.17. The lowest BCUT2D eigenvalue weighted by atomic mass is 10.3. The molecule has 1 aromatic rings. The Morgan fingerprint density at radius 2 is 2.26 bits per heavy atom. The molecule has 1 aliphatic heterocycles. The molecular weight excluding hydrogens is 290 g/mol. The molecule has 0 bridgehead atoms. The molecule has 1 aliphatic rings. The predicted molar refractivity (Wildman–Crippen MR) is 70.0 cm³/mol. The first-order chi connectivity index (χ1) is 8.95. The van der Waals surface area contributed by atoms with Gasteiger partial charge in [-0.05, 0) is 18.2 Å². The van der Waals surface area contributed by atoms with Crippen LogP contribution < -0.4 is 5.73 Å². The van der Waals surface area contributed by atoms with Crippen LogP contribution in [0.5, 0.6) is 0 Å². The van der Waals surface area contributed by atoms with Crippen LogP contribution in [-0.2, 0) is 14.8 Å². The van der Waals surface area contributed by atoms with Crippen molar-refractivity contribution in [1.29, 1.82) is 5.26 Å². The highest BCUT2D eigenvalue weighted by molar-refractivity contribution is 7.89. The molecule has 102 valence electrons. The number of nitrogens with two attached hydrogens (primary N) is 1. The number of morpholine rings is 1. The van der Waals surface area contributed by atoms with Gasteiger partial charge in [-0.1, -0.05) is 11.6 Å². The largest absolute Gasteiger partial charge is 0.398 e. The van der Waals surface area contributed by atoms with E-state index in [0.29, 0.717) is 0 Å². The van der Waals surface area contributed by atoms with E-state index in [9.17, 15) is 8.42 Å². The number of hydrogen-bond acceptors (Lipinski definition) is 5. The first-order valence-electron chi connectivity index (χ1n) is 5.51. The maximum atomic E-state index is 12.4. The quantitative estimate of drug-likeness (QED) is 0.816. The molecule has 0 spiro atoms. The first-order valence-corrected chi connectivity index (χ1v) is 7.33. The summed E-state index contributed by atoms with van der Waals surface area (Å²) in [7, 11) is -3.77. The van der Waals surface area contributed by atoms with Crippen LogP contribution in [0.15, 0.2) is 23.1 Å². The van der Waals surface area contributed by atoms with Crippen molar-refractivity contribution in [3.63, 3.8) is 0 Å². The summed E-state index contributed by atoms with van der Waals surface area (Å²) in [5, 5.41) is 9.09. The van der Waals surface area contributed by atoms with Crippen molar-refractivity contribution >= 4 is 27.3 Å². The van der Waals surface area contributed by atoms with Crippen LogP contribution in [0.1, 0.15) is 0 Å². The van der Waals surface area contributed by atoms with Gasteiger partial charge in [0.2, 0.25) is 10.0 Å². The van der Waals surface area contributed by atoms with Crippen LogP contribution >= 0.6 is 11.6 Å². The van der Waals surface area contributed by atoms with Crippen molar-refractivity contribution in [2.24, 2.45) is 0 Å². The zero-order valence-corrected chi connectivity index (χ0v) is 11.5. The number of anilines is 1. The SMILES string of the molecule is N#CC1CN(S(=O)(=O)c2cc(Cl)ccc2N)CCO1.